The third-order valence-corrected chi connectivity index (χ3v) is 5.96. The van der Waals surface area contributed by atoms with Crippen LogP contribution >= 0.6 is 24.0 Å². The number of nitrogens with zero attached hydrogens (tertiary/aromatic N) is 1. The highest BCUT2D eigenvalue weighted by molar-refractivity contribution is 8.26. The largest absolute Gasteiger partial charge is 0.493 e. The van der Waals surface area contributed by atoms with Gasteiger partial charge in [0, 0.05) is 6.54 Å². The Kier molecular flexibility index (Phi) is 7.29. The summed E-state index contributed by atoms with van der Waals surface area (Å²) in [4.78, 5) is 27.2. The Morgan fingerprint density at radius 1 is 1.17 bits per heavy atom. The topological polar surface area (TPSA) is 55.8 Å². The number of benzene rings is 2. The van der Waals surface area contributed by atoms with E-state index in [1.54, 1.807) is 41.3 Å². The van der Waals surface area contributed by atoms with Crippen molar-refractivity contribution >= 4 is 46.3 Å². The second-order valence-electron chi connectivity index (χ2n) is 6.85. The first-order chi connectivity index (χ1) is 14.4. The van der Waals surface area contributed by atoms with E-state index in [4.69, 9.17) is 21.7 Å². The Balaban J connectivity index is 1.78. The fraction of sp³-hybridized carbons (Fsp3) is 0.261. The highest BCUT2D eigenvalue weighted by Crippen LogP contribution is 2.35. The smallest absolute Gasteiger partial charge is 0.343 e. The summed E-state index contributed by atoms with van der Waals surface area (Å²) in [6.07, 6.45) is 3.68. The van der Waals surface area contributed by atoms with E-state index in [0.29, 0.717) is 32.8 Å². The average Bonchev–Trinajstić information content (AvgIpc) is 3.00. The zero-order valence-corrected chi connectivity index (χ0v) is 18.8. The first-order valence-electron chi connectivity index (χ1n) is 9.65. The van der Waals surface area contributed by atoms with Gasteiger partial charge in [-0.2, -0.15) is 0 Å². The monoisotopic (exact) mass is 441 g/mol. The Labute approximate surface area is 186 Å². The van der Waals surface area contributed by atoms with E-state index in [9.17, 15) is 9.59 Å². The number of methoxy groups -OCH3 is 1. The van der Waals surface area contributed by atoms with Crippen molar-refractivity contribution in [3.63, 3.8) is 0 Å². The molecule has 0 unspecified atom stereocenters. The van der Waals surface area contributed by atoms with Gasteiger partial charge in [0.1, 0.15) is 4.32 Å². The number of ether oxygens (including phenoxy) is 2. The molecule has 2 aromatic rings. The van der Waals surface area contributed by atoms with E-state index >= 15 is 0 Å². The molecule has 1 fully saturated rings. The van der Waals surface area contributed by atoms with E-state index in [-0.39, 0.29) is 5.91 Å². The van der Waals surface area contributed by atoms with Gasteiger partial charge in [-0.05, 0) is 49.2 Å². The van der Waals surface area contributed by atoms with Gasteiger partial charge in [-0.25, -0.2) is 4.79 Å². The van der Waals surface area contributed by atoms with Gasteiger partial charge < -0.3 is 9.47 Å². The van der Waals surface area contributed by atoms with Crippen molar-refractivity contribution in [2.24, 2.45) is 0 Å². The van der Waals surface area contributed by atoms with Crippen LogP contribution in [0.3, 0.4) is 0 Å². The fourth-order valence-corrected chi connectivity index (χ4v) is 4.18. The first-order valence-corrected chi connectivity index (χ1v) is 10.9. The molecular weight excluding hydrogens is 418 g/mol. The minimum absolute atomic E-state index is 0.0766. The SMILES string of the molecule is CCCCN1C(=O)/C(=C\c2ccc(OC(=O)c3ccc(C)cc3)c(OC)c2)SC1=S. The quantitative estimate of drug-likeness (QED) is 0.254. The summed E-state index contributed by atoms with van der Waals surface area (Å²) in [5.74, 6) is 0.187. The van der Waals surface area contributed by atoms with Crippen molar-refractivity contribution in [1.82, 2.24) is 4.90 Å². The summed E-state index contributed by atoms with van der Waals surface area (Å²) < 4.78 is 11.5. The maximum Gasteiger partial charge on any atom is 0.343 e. The number of rotatable bonds is 7. The number of amides is 1. The number of hydrogen-bond donors (Lipinski definition) is 0. The molecular formula is C23H23NO4S2. The number of aryl methyl sites for hydroxylation is 1. The minimum Gasteiger partial charge on any atom is -0.493 e. The summed E-state index contributed by atoms with van der Waals surface area (Å²) in [6, 6.07) is 12.3. The van der Waals surface area contributed by atoms with Crippen LogP contribution in [-0.4, -0.2) is 34.8 Å². The molecule has 0 radical (unpaired) electrons. The molecule has 0 aliphatic carbocycles. The van der Waals surface area contributed by atoms with Crippen LogP contribution in [0.1, 0.15) is 41.3 Å². The van der Waals surface area contributed by atoms with E-state index in [2.05, 4.69) is 6.92 Å². The van der Waals surface area contributed by atoms with E-state index in [1.165, 1.54) is 18.9 Å². The Bertz CT molecular complexity index is 999. The van der Waals surface area contributed by atoms with Crippen molar-refractivity contribution in [2.75, 3.05) is 13.7 Å². The third-order valence-electron chi connectivity index (χ3n) is 4.58. The molecule has 30 heavy (non-hydrogen) atoms. The summed E-state index contributed by atoms with van der Waals surface area (Å²) in [5.41, 5.74) is 2.29. The number of hydrogen-bond acceptors (Lipinski definition) is 6. The fourth-order valence-electron chi connectivity index (χ4n) is 2.87. The van der Waals surface area contributed by atoms with Crippen molar-refractivity contribution in [2.45, 2.75) is 26.7 Å². The summed E-state index contributed by atoms with van der Waals surface area (Å²) in [5, 5.41) is 0. The maximum atomic E-state index is 12.6. The second kappa shape index (κ2) is 9.91. The molecule has 1 aliphatic heterocycles. The summed E-state index contributed by atoms with van der Waals surface area (Å²) >= 11 is 6.64. The minimum atomic E-state index is -0.460. The van der Waals surface area contributed by atoms with E-state index < -0.39 is 5.97 Å². The van der Waals surface area contributed by atoms with Crippen molar-refractivity contribution in [3.05, 3.63) is 64.1 Å². The normalized spacial score (nSPS) is 15.0. The van der Waals surface area contributed by atoms with Gasteiger partial charge in [-0.15, -0.1) is 0 Å². The molecule has 0 aromatic heterocycles. The van der Waals surface area contributed by atoms with Crippen LogP contribution in [0.25, 0.3) is 6.08 Å². The van der Waals surface area contributed by atoms with Gasteiger partial charge in [0.05, 0.1) is 17.6 Å². The highest BCUT2D eigenvalue weighted by atomic mass is 32.2. The average molecular weight is 442 g/mol. The van der Waals surface area contributed by atoms with Crippen LogP contribution < -0.4 is 9.47 Å². The number of carbonyl (C=O) groups is 2. The molecule has 0 bridgehead atoms. The molecule has 0 spiro atoms. The number of carbonyl (C=O) groups excluding carboxylic acids is 2. The van der Waals surface area contributed by atoms with Gasteiger partial charge in [0.15, 0.2) is 11.5 Å². The predicted molar refractivity (Wildman–Crippen MR) is 124 cm³/mol. The van der Waals surface area contributed by atoms with Crippen LogP contribution in [0, 0.1) is 6.92 Å². The molecule has 3 rings (SSSR count). The highest BCUT2D eigenvalue weighted by Gasteiger charge is 2.31. The number of esters is 1. The molecule has 1 aliphatic rings. The van der Waals surface area contributed by atoms with E-state index in [1.807, 2.05) is 19.1 Å². The number of thiocarbonyl (C=S) groups is 1. The molecule has 1 heterocycles. The van der Waals surface area contributed by atoms with Crippen molar-refractivity contribution in [1.29, 1.82) is 0 Å². The lowest BCUT2D eigenvalue weighted by atomic mass is 10.1. The zero-order chi connectivity index (χ0) is 21.7. The van der Waals surface area contributed by atoms with Crippen LogP contribution in [0.4, 0.5) is 0 Å². The van der Waals surface area contributed by atoms with Crippen LogP contribution in [0.2, 0.25) is 0 Å². The summed E-state index contributed by atoms with van der Waals surface area (Å²) in [7, 11) is 1.51. The number of thioether (sulfide) groups is 1. The Morgan fingerprint density at radius 2 is 1.90 bits per heavy atom. The van der Waals surface area contributed by atoms with Crippen molar-refractivity contribution in [3.8, 4) is 11.5 Å². The van der Waals surface area contributed by atoms with Gasteiger partial charge in [0.2, 0.25) is 0 Å². The molecule has 0 atom stereocenters. The maximum absolute atomic E-state index is 12.6. The lowest BCUT2D eigenvalue weighted by Gasteiger charge is -2.13. The molecule has 156 valence electrons. The van der Waals surface area contributed by atoms with Crippen LogP contribution in [0.5, 0.6) is 11.5 Å². The lowest BCUT2D eigenvalue weighted by Crippen LogP contribution is -2.28. The van der Waals surface area contributed by atoms with Crippen molar-refractivity contribution < 1.29 is 19.1 Å². The lowest BCUT2D eigenvalue weighted by molar-refractivity contribution is -0.122. The Hall–Kier alpha value is -2.64. The molecule has 7 heteroatoms. The number of unbranched alkanes of at least 4 members (excludes halogenated alkanes) is 1. The first kappa shape index (κ1) is 22.1. The Morgan fingerprint density at radius 3 is 2.57 bits per heavy atom. The van der Waals surface area contributed by atoms with Gasteiger partial charge in [-0.1, -0.05) is 61.1 Å². The zero-order valence-electron chi connectivity index (χ0n) is 17.1. The molecule has 1 saturated heterocycles. The summed E-state index contributed by atoms with van der Waals surface area (Å²) in [6.45, 7) is 4.66. The predicted octanol–water partition coefficient (Wildman–Crippen LogP) is 5.22. The molecule has 2 aromatic carbocycles. The van der Waals surface area contributed by atoms with Gasteiger partial charge in [-0.3, -0.25) is 9.69 Å². The second-order valence-corrected chi connectivity index (χ2v) is 8.53. The van der Waals surface area contributed by atoms with E-state index in [0.717, 1.165) is 24.0 Å². The third kappa shape index (κ3) is 5.09. The molecule has 5 nitrogen and oxygen atoms in total. The van der Waals surface area contributed by atoms with Crippen LogP contribution in [0.15, 0.2) is 47.4 Å². The molecule has 0 N–H and O–H groups in total. The van der Waals surface area contributed by atoms with Gasteiger partial charge in [0.25, 0.3) is 5.91 Å². The molecule has 1 amide bonds. The molecule has 0 saturated carbocycles. The standard InChI is InChI=1S/C23H23NO4S2/c1-4-5-12-24-21(25)20(30-23(24)29)14-16-8-11-18(19(13-16)27-3)28-22(26)17-9-6-15(2)7-10-17/h6-11,13-14H,4-5,12H2,1-3H3/b20-14+. The van der Waals surface area contributed by atoms with Gasteiger partial charge >= 0.3 is 5.97 Å². The van der Waals surface area contributed by atoms with Crippen LogP contribution in [-0.2, 0) is 4.79 Å².